The van der Waals surface area contributed by atoms with Crippen LogP contribution in [0, 0.1) is 0 Å². The molecule has 19 heavy (non-hydrogen) atoms. The number of carboxylic acid groups (broad SMARTS) is 1. The first-order chi connectivity index (χ1) is 8.79. The summed E-state index contributed by atoms with van der Waals surface area (Å²) in [6, 6.07) is 6.49. The van der Waals surface area contributed by atoms with Crippen LogP contribution in [0.3, 0.4) is 0 Å². The molecule has 104 valence electrons. The number of carbonyl (C=O) groups is 2. The Morgan fingerprint density at radius 3 is 2.42 bits per heavy atom. The minimum absolute atomic E-state index is 0.150. The first-order valence-electron chi connectivity index (χ1n) is 5.43. The van der Waals surface area contributed by atoms with Crippen LogP contribution < -0.4 is 5.32 Å². The van der Waals surface area contributed by atoms with E-state index in [-0.39, 0.29) is 19.4 Å². The van der Waals surface area contributed by atoms with Crippen LogP contribution in [0.1, 0.15) is 11.1 Å². The summed E-state index contributed by atoms with van der Waals surface area (Å²) in [5, 5.41) is 10.4. The number of hydrogen-bond acceptors (Lipinski definition) is 2. The van der Waals surface area contributed by atoms with Crippen molar-refractivity contribution >= 4 is 11.9 Å². The molecule has 0 bridgehead atoms. The molecule has 0 unspecified atom stereocenters. The van der Waals surface area contributed by atoms with Gasteiger partial charge < -0.3 is 10.4 Å². The Balaban J connectivity index is 2.50. The quantitative estimate of drug-likeness (QED) is 0.856. The third-order valence-corrected chi connectivity index (χ3v) is 2.30. The smallest absolute Gasteiger partial charge is 0.471 e. The molecule has 0 fully saturated rings. The molecule has 2 N–H and O–H groups in total. The van der Waals surface area contributed by atoms with Gasteiger partial charge in [-0.1, -0.05) is 24.3 Å². The third kappa shape index (κ3) is 5.41. The molecule has 0 aliphatic carbocycles. The van der Waals surface area contributed by atoms with Gasteiger partial charge in [0.2, 0.25) is 0 Å². The van der Waals surface area contributed by atoms with Gasteiger partial charge in [-0.25, -0.2) is 0 Å². The van der Waals surface area contributed by atoms with Crippen molar-refractivity contribution in [3.63, 3.8) is 0 Å². The Kier molecular flexibility index (Phi) is 4.91. The fourth-order valence-corrected chi connectivity index (χ4v) is 1.49. The zero-order valence-electron chi connectivity index (χ0n) is 9.83. The van der Waals surface area contributed by atoms with Crippen molar-refractivity contribution in [3.05, 3.63) is 35.4 Å². The van der Waals surface area contributed by atoms with Gasteiger partial charge in [0.1, 0.15) is 0 Å². The number of carbonyl (C=O) groups excluding carboxylic acids is 1. The molecule has 0 saturated carbocycles. The molecular weight excluding hydrogens is 263 g/mol. The second kappa shape index (κ2) is 6.21. The molecule has 0 atom stereocenters. The fraction of sp³-hybridized carbons (Fsp3) is 0.333. The van der Waals surface area contributed by atoms with Crippen LogP contribution in [-0.4, -0.2) is 29.7 Å². The maximum atomic E-state index is 11.9. The predicted molar refractivity (Wildman–Crippen MR) is 60.6 cm³/mol. The summed E-state index contributed by atoms with van der Waals surface area (Å²) in [7, 11) is 0. The van der Waals surface area contributed by atoms with Gasteiger partial charge in [-0.15, -0.1) is 0 Å². The van der Waals surface area contributed by atoms with Gasteiger partial charge in [-0.2, -0.15) is 13.2 Å². The summed E-state index contributed by atoms with van der Waals surface area (Å²) in [5.74, 6) is -2.96. The topological polar surface area (TPSA) is 66.4 Å². The van der Waals surface area contributed by atoms with Crippen molar-refractivity contribution in [1.82, 2.24) is 5.32 Å². The Hall–Kier alpha value is -2.05. The number of hydrogen-bond donors (Lipinski definition) is 2. The highest BCUT2D eigenvalue weighted by Crippen LogP contribution is 2.14. The first kappa shape index (κ1) is 15.0. The Morgan fingerprint density at radius 2 is 1.84 bits per heavy atom. The van der Waals surface area contributed by atoms with Crippen molar-refractivity contribution in [3.8, 4) is 0 Å². The summed E-state index contributed by atoms with van der Waals surface area (Å²) >= 11 is 0. The summed E-state index contributed by atoms with van der Waals surface area (Å²) in [6.45, 7) is -0.158. The van der Waals surface area contributed by atoms with E-state index in [4.69, 9.17) is 5.11 Å². The molecule has 0 aliphatic heterocycles. The normalized spacial score (nSPS) is 11.1. The largest absolute Gasteiger partial charge is 0.481 e. The molecule has 0 aromatic heterocycles. The van der Waals surface area contributed by atoms with Gasteiger partial charge in [0.25, 0.3) is 0 Å². The average molecular weight is 275 g/mol. The van der Waals surface area contributed by atoms with Crippen LogP contribution in [0.15, 0.2) is 24.3 Å². The molecular formula is C12H12F3NO3. The highest BCUT2D eigenvalue weighted by Gasteiger charge is 2.38. The molecule has 0 radical (unpaired) electrons. The minimum Gasteiger partial charge on any atom is -0.481 e. The number of nitrogens with one attached hydrogen (secondary N) is 1. The van der Waals surface area contributed by atoms with Gasteiger partial charge in [0, 0.05) is 6.54 Å². The van der Waals surface area contributed by atoms with Gasteiger partial charge in [-0.05, 0) is 17.5 Å². The second-order valence-electron chi connectivity index (χ2n) is 3.89. The SMILES string of the molecule is O=C(O)Cc1cccc(CCNC(=O)C(F)(F)F)c1. The van der Waals surface area contributed by atoms with E-state index in [1.165, 1.54) is 0 Å². The Labute approximate surface area is 107 Å². The zero-order valence-corrected chi connectivity index (χ0v) is 9.83. The van der Waals surface area contributed by atoms with Gasteiger partial charge in [-0.3, -0.25) is 9.59 Å². The lowest BCUT2D eigenvalue weighted by atomic mass is 10.1. The number of benzene rings is 1. The van der Waals surface area contributed by atoms with E-state index in [2.05, 4.69) is 0 Å². The minimum atomic E-state index is -4.88. The highest BCUT2D eigenvalue weighted by atomic mass is 19.4. The fourth-order valence-electron chi connectivity index (χ4n) is 1.49. The van der Waals surface area contributed by atoms with Gasteiger partial charge in [0.15, 0.2) is 0 Å². The molecule has 0 saturated heterocycles. The molecule has 1 aromatic rings. The number of alkyl halides is 3. The van der Waals surface area contributed by atoms with Crippen molar-refractivity contribution in [2.45, 2.75) is 19.0 Å². The summed E-state index contributed by atoms with van der Waals surface area (Å²) in [4.78, 5) is 21.1. The van der Waals surface area contributed by atoms with Crippen LogP contribution >= 0.6 is 0 Å². The molecule has 1 rings (SSSR count). The molecule has 0 spiro atoms. The zero-order chi connectivity index (χ0) is 14.5. The van der Waals surface area contributed by atoms with Crippen LogP contribution in [0.2, 0.25) is 0 Å². The lowest BCUT2D eigenvalue weighted by molar-refractivity contribution is -0.173. The van der Waals surface area contributed by atoms with Crippen molar-refractivity contribution < 1.29 is 27.9 Å². The Bertz CT molecular complexity index is 472. The molecule has 0 heterocycles. The lowest BCUT2D eigenvalue weighted by Gasteiger charge is -2.08. The van der Waals surface area contributed by atoms with Gasteiger partial charge >= 0.3 is 18.1 Å². The number of aliphatic carboxylic acids is 1. The second-order valence-corrected chi connectivity index (χ2v) is 3.89. The maximum Gasteiger partial charge on any atom is 0.471 e. The number of amides is 1. The number of carboxylic acids is 1. The highest BCUT2D eigenvalue weighted by molar-refractivity contribution is 5.81. The summed E-state index contributed by atoms with van der Waals surface area (Å²) < 4.78 is 35.7. The molecule has 0 aliphatic rings. The van der Waals surface area contributed by atoms with Crippen molar-refractivity contribution in [2.24, 2.45) is 0 Å². The van der Waals surface area contributed by atoms with E-state index in [9.17, 15) is 22.8 Å². The number of halogens is 3. The Morgan fingerprint density at radius 1 is 1.21 bits per heavy atom. The molecule has 7 heteroatoms. The maximum absolute atomic E-state index is 11.9. The van der Waals surface area contributed by atoms with Crippen LogP contribution in [0.25, 0.3) is 0 Å². The first-order valence-corrected chi connectivity index (χ1v) is 5.43. The summed E-state index contributed by atoms with van der Waals surface area (Å²) in [5.41, 5.74) is 1.23. The molecule has 1 aromatic carbocycles. The standard InChI is InChI=1S/C12H12F3NO3/c13-12(14,15)11(19)16-5-4-8-2-1-3-9(6-8)7-10(17)18/h1-3,6H,4-5,7H2,(H,16,19)(H,17,18). The van der Waals surface area contributed by atoms with Crippen LogP contribution in [0.5, 0.6) is 0 Å². The van der Waals surface area contributed by atoms with E-state index >= 15 is 0 Å². The van der Waals surface area contributed by atoms with Crippen LogP contribution in [-0.2, 0) is 22.4 Å². The van der Waals surface area contributed by atoms with E-state index in [0.29, 0.717) is 11.1 Å². The monoisotopic (exact) mass is 275 g/mol. The van der Waals surface area contributed by atoms with Crippen molar-refractivity contribution in [1.29, 1.82) is 0 Å². The average Bonchev–Trinajstić information content (AvgIpc) is 2.27. The van der Waals surface area contributed by atoms with E-state index in [1.54, 1.807) is 29.6 Å². The molecule has 1 amide bonds. The van der Waals surface area contributed by atoms with Crippen LogP contribution in [0.4, 0.5) is 13.2 Å². The molecule has 4 nitrogen and oxygen atoms in total. The van der Waals surface area contributed by atoms with E-state index < -0.39 is 18.1 Å². The predicted octanol–water partition coefficient (Wildman–Crippen LogP) is 1.53. The van der Waals surface area contributed by atoms with Crippen molar-refractivity contribution in [2.75, 3.05) is 6.54 Å². The van der Waals surface area contributed by atoms with E-state index in [0.717, 1.165) is 0 Å². The summed E-state index contributed by atoms with van der Waals surface area (Å²) in [6.07, 6.45) is -4.83. The lowest BCUT2D eigenvalue weighted by Crippen LogP contribution is -2.37. The van der Waals surface area contributed by atoms with E-state index in [1.807, 2.05) is 0 Å². The van der Waals surface area contributed by atoms with Gasteiger partial charge in [0.05, 0.1) is 6.42 Å². The third-order valence-electron chi connectivity index (χ3n) is 2.30. The number of rotatable bonds is 5.